The van der Waals surface area contributed by atoms with Crippen LogP contribution in [0.3, 0.4) is 0 Å². The van der Waals surface area contributed by atoms with E-state index in [0.717, 1.165) is 16.3 Å². The molecule has 0 saturated heterocycles. The fraction of sp³-hybridized carbons (Fsp3) is 0.130. The molecule has 0 aromatic heterocycles. The minimum atomic E-state index is -2.85. The van der Waals surface area contributed by atoms with Gasteiger partial charge in [0.05, 0.1) is 0 Å². The van der Waals surface area contributed by atoms with Gasteiger partial charge in [-0.3, -0.25) is 0 Å². The summed E-state index contributed by atoms with van der Waals surface area (Å²) in [6, 6.07) is 29.8. The van der Waals surface area contributed by atoms with Crippen LogP contribution in [0.4, 0.5) is 0 Å². The van der Waals surface area contributed by atoms with Gasteiger partial charge in [-0.05, 0) is 19.4 Å². The number of hydrogen-bond donors (Lipinski definition) is 1. The van der Waals surface area contributed by atoms with Gasteiger partial charge in [0.1, 0.15) is 0 Å². The lowest BCUT2D eigenvalue weighted by atomic mass is 10.1. The largest absolute Gasteiger partial charge is 0.382 e. The third kappa shape index (κ3) is 4.15. The van der Waals surface area contributed by atoms with Gasteiger partial charge in [-0.15, -0.1) is 0 Å². The van der Waals surface area contributed by atoms with Gasteiger partial charge in [-0.25, -0.2) is 0 Å². The normalized spacial score (nSPS) is 13.2. The molecule has 26 heavy (non-hydrogen) atoms. The quantitative estimate of drug-likeness (QED) is 0.611. The van der Waals surface area contributed by atoms with E-state index < -0.39 is 7.14 Å². The first kappa shape index (κ1) is 18.2. The molecule has 1 N–H and O–H groups in total. The third-order valence-corrected chi connectivity index (χ3v) is 7.28. The van der Waals surface area contributed by atoms with Gasteiger partial charge in [-0.2, -0.15) is 0 Å². The lowest BCUT2D eigenvalue weighted by Gasteiger charge is -2.20. The van der Waals surface area contributed by atoms with Crippen LogP contribution < -0.4 is 15.9 Å². The van der Waals surface area contributed by atoms with Crippen LogP contribution in [-0.2, 0) is 4.57 Å². The molecule has 0 aliphatic heterocycles. The topological polar surface area (TPSA) is 29.1 Å². The summed E-state index contributed by atoms with van der Waals surface area (Å²) in [6.45, 7) is 4.10. The van der Waals surface area contributed by atoms with Gasteiger partial charge in [-0.1, -0.05) is 91.0 Å². The Morgan fingerprint density at radius 1 is 0.808 bits per heavy atom. The average molecular weight is 361 g/mol. The number of benzene rings is 3. The van der Waals surface area contributed by atoms with Crippen LogP contribution >= 0.6 is 7.14 Å². The van der Waals surface area contributed by atoms with Crippen LogP contribution in [0.15, 0.2) is 103 Å². The maximum absolute atomic E-state index is 14.0. The van der Waals surface area contributed by atoms with Crippen molar-refractivity contribution < 1.29 is 4.57 Å². The highest BCUT2D eigenvalue weighted by Crippen LogP contribution is 2.45. The number of nitrogens with one attached hydrogen (secondary N) is 1. The van der Waals surface area contributed by atoms with Crippen LogP contribution in [0, 0.1) is 0 Å². The third-order valence-electron chi connectivity index (χ3n) is 4.40. The van der Waals surface area contributed by atoms with Crippen LogP contribution in [0.2, 0.25) is 0 Å². The molecular weight excluding hydrogens is 337 g/mol. The maximum Gasteiger partial charge on any atom is 0.165 e. The van der Waals surface area contributed by atoms with E-state index in [1.54, 1.807) is 0 Å². The standard InChI is InChI=1S/C23H24NOP/c1-19(24-20(2)21-12-6-3-7-13-21)18-26(25,22-14-8-4-9-15-22)23-16-10-5-11-17-23/h3-18,20,24H,1-2H3/b19-18-. The molecule has 1 unspecified atom stereocenters. The Kier molecular flexibility index (Phi) is 5.75. The predicted octanol–water partition coefficient (Wildman–Crippen LogP) is 5.21. The van der Waals surface area contributed by atoms with Gasteiger partial charge in [0.25, 0.3) is 0 Å². The first-order chi connectivity index (χ1) is 12.6. The molecular formula is C23H24NOP. The molecule has 0 aliphatic rings. The van der Waals surface area contributed by atoms with Crippen molar-refractivity contribution in [1.29, 1.82) is 0 Å². The molecule has 0 aliphatic carbocycles. The van der Waals surface area contributed by atoms with Crippen molar-refractivity contribution in [3.8, 4) is 0 Å². The summed E-state index contributed by atoms with van der Waals surface area (Å²) in [5.41, 5.74) is 2.12. The molecule has 0 amide bonds. The lowest BCUT2D eigenvalue weighted by Crippen LogP contribution is -2.19. The molecule has 3 rings (SSSR count). The van der Waals surface area contributed by atoms with Crippen molar-refractivity contribution in [3.05, 3.63) is 108 Å². The summed E-state index contributed by atoms with van der Waals surface area (Å²) in [5, 5.41) is 5.17. The Labute approximate surface area is 156 Å². The monoisotopic (exact) mass is 361 g/mol. The summed E-state index contributed by atoms with van der Waals surface area (Å²) in [7, 11) is -2.85. The van der Waals surface area contributed by atoms with Crippen molar-refractivity contribution in [3.63, 3.8) is 0 Å². The molecule has 3 aromatic carbocycles. The minimum Gasteiger partial charge on any atom is -0.382 e. The Morgan fingerprint density at radius 2 is 1.23 bits per heavy atom. The number of allylic oxidation sites excluding steroid dienone is 1. The van der Waals surface area contributed by atoms with E-state index in [1.165, 1.54) is 5.56 Å². The lowest BCUT2D eigenvalue weighted by molar-refractivity contribution is 0.591. The van der Waals surface area contributed by atoms with Crippen LogP contribution in [-0.4, -0.2) is 0 Å². The predicted molar refractivity (Wildman–Crippen MR) is 112 cm³/mol. The zero-order valence-electron chi connectivity index (χ0n) is 15.2. The van der Waals surface area contributed by atoms with Gasteiger partial charge < -0.3 is 9.88 Å². The summed E-state index contributed by atoms with van der Waals surface area (Å²) >= 11 is 0. The van der Waals surface area contributed by atoms with E-state index in [0.29, 0.717) is 0 Å². The molecule has 1 atom stereocenters. The van der Waals surface area contributed by atoms with Gasteiger partial charge in [0.2, 0.25) is 0 Å². The number of rotatable bonds is 6. The van der Waals surface area contributed by atoms with Crippen molar-refractivity contribution in [2.75, 3.05) is 0 Å². The zero-order chi connectivity index (χ0) is 18.4. The SMILES string of the molecule is C/C(=C/P(=O)(c1ccccc1)c1ccccc1)NC(C)c1ccccc1. The molecule has 0 bridgehead atoms. The molecule has 0 saturated carbocycles. The first-order valence-corrected chi connectivity index (χ1v) is 10.6. The summed E-state index contributed by atoms with van der Waals surface area (Å²) in [4.78, 5) is 0. The van der Waals surface area contributed by atoms with Crippen LogP contribution in [0.25, 0.3) is 0 Å². The summed E-state index contributed by atoms with van der Waals surface area (Å²) in [6.07, 6.45) is 0. The summed E-state index contributed by atoms with van der Waals surface area (Å²) in [5.74, 6) is 1.90. The second-order valence-corrected chi connectivity index (χ2v) is 9.02. The fourth-order valence-electron chi connectivity index (χ4n) is 3.07. The Morgan fingerprint density at radius 3 is 1.69 bits per heavy atom. The highest BCUT2D eigenvalue weighted by Gasteiger charge is 2.25. The first-order valence-electron chi connectivity index (χ1n) is 8.81. The van der Waals surface area contributed by atoms with Gasteiger partial charge >= 0.3 is 0 Å². The van der Waals surface area contributed by atoms with Crippen molar-refractivity contribution in [2.24, 2.45) is 0 Å². The van der Waals surface area contributed by atoms with Crippen molar-refractivity contribution in [1.82, 2.24) is 5.32 Å². The van der Waals surface area contributed by atoms with E-state index in [1.807, 2.05) is 91.6 Å². The summed E-state index contributed by atoms with van der Waals surface area (Å²) < 4.78 is 14.0. The van der Waals surface area contributed by atoms with Gasteiger partial charge in [0, 0.05) is 28.2 Å². The van der Waals surface area contributed by atoms with Crippen molar-refractivity contribution >= 4 is 17.8 Å². The van der Waals surface area contributed by atoms with Crippen LogP contribution in [0.1, 0.15) is 25.5 Å². The molecule has 0 heterocycles. The zero-order valence-corrected chi connectivity index (χ0v) is 16.1. The highest BCUT2D eigenvalue weighted by molar-refractivity contribution is 7.81. The number of hydrogen-bond acceptors (Lipinski definition) is 2. The highest BCUT2D eigenvalue weighted by atomic mass is 31.2. The van der Waals surface area contributed by atoms with Crippen LogP contribution in [0.5, 0.6) is 0 Å². The fourth-order valence-corrected chi connectivity index (χ4v) is 5.52. The molecule has 3 heteroatoms. The van der Waals surface area contributed by atoms with E-state index >= 15 is 0 Å². The minimum absolute atomic E-state index is 0.146. The maximum atomic E-state index is 14.0. The van der Waals surface area contributed by atoms with E-state index in [2.05, 4.69) is 24.4 Å². The average Bonchev–Trinajstić information content (AvgIpc) is 2.70. The molecule has 3 aromatic rings. The molecule has 0 radical (unpaired) electrons. The second-order valence-electron chi connectivity index (χ2n) is 6.42. The second kappa shape index (κ2) is 8.21. The Balaban J connectivity index is 1.95. The molecule has 0 fully saturated rings. The van der Waals surface area contributed by atoms with E-state index in [-0.39, 0.29) is 6.04 Å². The molecule has 0 spiro atoms. The Hall–Kier alpha value is -2.57. The van der Waals surface area contributed by atoms with E-state index in [9.17, 15) is 4.57 Å². The van der Waals surface area contributed by atoms with Gasteiger partial charge in [0.15, 0.2) is 7.14 Å². The van der Waals surface area contributed by atoms with E-state index in [4.69, 9.17) is 0 Å². The molecule has 2 nitrogen and oxygen atoms in total. The van der Waals surface area contributed by atoms with Crippen molar-refractivity contribution in [2.45, 2.75) is 19.9 Å². The smallest absolute Gasteiger partial charge is 0.165 e. The Bertz CT molecular complexity index is 861. The molecule has 132 valence electrons.